The molecule has 0 atom stereocenters. The quantitative estimate of drug-likeness (QED) is 0.716. The van der Waals surface area contributed by atoms with Crippen LogP contribution >= 0.6 is 0 Å². The minimum Gasteiger partial charge on any atom is -0.478 e. The number of hydrogen-bond donors (Lipinski definition) is 2. The number of carbonyl (C=O) groups is 3. The largest absolute Gasteiger partial charge is 0.478 e. The summed E-state index contributed by atoms with van der Waals surface area (Å²) in [6.45, 7) is 0. The molecule has 1 heterocycles. The van der Waals surface area contributed by atoms with Gasteiger partial charge in [0.25, 0.3) is 0 Å². The Bertz CT molecular complexity index is 919. The van der Waals surface area contributed by atoms with E-state index in [9.17, 15) is 14.4 Å². The lowest BCUT2D eigenvalue weighted by atomic mass is 9.97. The van der Waals surface area contributed by atoms with Crippen LogP contribution in [-0.4, -0.2) is 28.4 Å². The van der Waals surface area contributed by atoms with Crippen molar-refractivity contribution >= 4 is 29.2 Å². The van der Waals surface area contributed by atoms with Crippen LogP contribution in [0.15, 0.2) is 46.9 Å². The predicted molar refractivity (Wildman–Crippen MR) is 81.0 cm³/mol. The van der Waals surface area contributed by atoms with E-state index >= 15 is 0 Å². The number of para-hydroxylation sites is 1. The molecule has 0 amide bonds. The highest BCUT2D eigenvalue weighted by molar-refractivity contribution is 6.04. The van der Waals surface area contributed by atoms with Crippen molar-refractivity contribution in [1.82, 2.24) is 0 Å². The molecule has 23 heavy (non-hydrogen) atoms. The van der Waals surface area contributed by atoms with Crippen molar-refractivity contribution in [1.29, 1.82) is 0 Å². The minimum atomic E-state index is -1.25. The molecule has 1 aromatic heterocycles. The highest BCUT2D eigenvalue weighted by Gasteiger charge is 2.19. The van der Waals surface area contributed by atoms with Gasteiger partial charge in [0.2, 0.25) is 0 Å². The van der Waals surface area contributed by atoms with Gasteiger partial charge in [-0.15, -0.1) is 0 Å². The number of aromatic carboxylic acids is 2. The van der Waals surface area contributed by atoms with Gasteiger partial charge in [-0.05, 0) is 29.8 Å². The van der Waals surface area contributed by atoms with Gasteiger partial charge >= 0.3 is 11.9 Å². The Labute approximate surface area is 129 Å². The van der Waals surface area contributed by atoms with Gasteiger partial charge in [0.1, 0.15) is 5.58 Å². The van der Waals surface area contributed by atoms with Gasteiger partial charge in [-0.1, -0.05) is 18.2 Å². The Hall–Kier alpha value is -3.41. The molecule has 0 bridgehead atoms. The molecule has 0 spiro atoms. The fourth-order valence-electron chi connectivity index (χ4n) is 2.46. The van der Waals surface area contributed by atoms with E-state index in [0.29, 0.717) is 28.4 Å². The second-order valence-electron chi connectivity index (χ2n) is 4.86. The SMILES string of the molecule is O=Cc1oc2ccccc2c1-c1cc(C(=O)O)cc(C(=O)O)c1. The van der Waals surface area contributed by atoms with Crippen molar-refractivity contribution < 1.29 is 29.0 Å². The number of rotatable bonds is 4. The molecule has 2 N–H and O–H groups in total. The predicted octanol–water partition coefficient (Wildman–Crippen LogP) is 3.31. The third-order valence-electron chi connectivity index (χ3n) is 3.45. The van der Waals surface area contributed by atoms with Crippen molar-refractivity contribution in [2.24, 2.45) is 0 Å². The van der Waals surface area contributed by atoms with Crippen molar-refractivity contribution in [3.05, 3.63) is 59.4 Å². The van der Waals surface area contributed by atoms with E-state index in [-0.39, 0.29) is 16.9 Å². The maximum Gasteiger partial charge on any atom is 0.335 e. The molecule has 0 aliphatic rings. The van der Waals surface area contributed by atoms with Crippen molar-refractivity contribution in [2.45, 2.75) is 0 Å². The molecular formula is C17H10O6. The highest BCUT2D eigenvalue weighted by Crippen LogP contribution is 2.35. The summed E-state index contributed by atoms with van der Waals surface area (Å²) < 4.78 is 5.44. The second-order valence-corrected chi connectivity index (χ2v) is 4.86. The lowest BCUT2D eigenvalue weighted by Crippen LogP contribution is -2.03. The van der Waals surface area contributed by atoms with Crippen LogP contribution in [0.5, 0.6) is 0 Å². The first-order chi connectivity index (χ1) is 11.0. The zero-order valence-corrected chi connectivity index (χ0v) is 11.6. The molecule has 2 aromatic carbocycles. The van der Waals surface area contributed by atoms with E-state index in [0.717, 1.165) is 6.07 Å². The zero-order valence-electron chi connectivity index (χ0n) is 11.6. The molecule has 0 unspecified atom stereocenters. The maximum atomic E-state index is 11.3. The van der Waals surface area contributed by atoms with Crippen LogP contribution in [-0.2, 0) is 0 Å². The third kappa shape index (κ3) is 2.46. The molecule has 0 aliphatic carbocycles. The Morgan fingerprint density at radius 3 is 2.13 bits per heavy atom. The van der Waals surface area contributed by atoms with Crippen LogP contribution in [0.3, 0.4) is 0 Å². The van der Waals surface area contributed by atoms with Gasteiger partial charge in [-0.3, -0.25) is 4.79 Å². The molecule has 114 valence electrons. The van der Waals surface area contributed by atoms with Crippen molar-refractivity contribution in [3.63, 3.8) is 0 Å². The number of fused-ring (bicyclic) bond motifs is 1. The summed E-state index contributed by atoms with van der Waals surface area (Å²) in [7, 11) is 0. The fourth-order valence-corrected chi connectivity index (χ4v) is 2.46. The van der Waals surface area contributed by atoms with Gasteiger partial charge in [-0.25, -0.2) is 9.59 Å². The molecule has 6 nitrogen and oxygen atoms in total. The number of benzene rings is 2. The Balaban J connectivity index is 2.36. The van der Waals surface area contributed by atoms with Gasteiger partial charge < -0.3 is 14.6 Å². The molecule has 0 saturated carbocycles. The molecule has 3 rings (SSSR count). The number of carboxylic acids is 2. The molecule has 0 radical (unpaired) electrons. The topological polar surface area (TPSA) is 105 Å². The van der Waals surface area contributed by atoms with Crippen LogP contribution in [0.2, 0.25) is 0 Å². The van der Waals surface area contributed by atoms with Gasteiger partial charge in [0, 0.05) is 10.9 Å². The average Bonchev–Trinajstić information content (AvgIpc) is 2.92. The van der Waals surface area contributed by atoms with Crippen LogP contribution in [0.25, 0.3) is 22.1 Å². The van der Waals surface area contributed by atoms with E-state index in [2.05, 4.69) is 0 Å². The Morgan fingerprint density at radius 1 is 0.957 bits per heavy atom. The van der Waals surface area contributed by atoms with E-state index in [1.807, 2.05) is 0 Å². The first kappa shape index (κ1) is 14.5. The van der Waals surface area contributed by atoms with E-state index in [1.54, 1.807) is 24.3 Å². The highest BCUT2D eigenvalue weighted by atomic mass is 16.4. The number of hydrogen-bond acceptors (Lipinski definition) is 4. The fraction of sp³-hybridized carbons (Fsp3) is 0. The van der Waals surface area contributed by atoms with Gasteiger partial charge in [0.15, 0.2) is 12.0 Å². The lowest BCUT2D eigenvalue weighted by Gasteiger charge is -2.05. The van der Waals surface area contributed by atoms with Gasteiger partial charge in [-0.2, -0.15) is 0 Å². The molecular weight excluding hydrogens is 300 g/mol. The van der Waals surface area contributed by atoms with Crippen molar-refractivity contribution in [3.8, 4) is 11.1 Å². The summed E-state index contributed by atoms with van der Waals surface area (Å²) in [5.41, 5.74) is 0.779. The number of carboxylic acid groups (broad SMARTS) is 2. The number of furan rings is 1. The molecule has 0 saturated heterocycles. The first-order valence-electron chi connectivity index (χ1n) is 6.60. The average molecular weight is 310 g/mol. The summed E-state index contributed by atoms with van der Waals surface area (Å²) in [5.74, 6) is -2.49. The molecule has 6 heteroatoms. The van der Waals surface area contributed by atoms with E-state index < -0.39 is 11.9 Å². The van der Waals surface area contributed by atoms with E-state index in [1.165, 1.54) is 12.1 Å². The molecule has 3 aromatic rings. The summed E-state index contributed by atoms with van der Waals surface area (Å²) in [6.07, 6.45) is 0.517. The zero-order chi connectivity index (χ0) is 16.6. The van der Waals surface area contributed by atoms with Crippen LogP contribution in [0.4, 0.5) is 0 Å². The lowest BCUT2D eigenvalue weighted by molar-refractivity contribution is 0.0696. The normalized spacial score (nSPS) is 10.6. The molecule has 0 fully saturated rings. The number of carbonyl (C=O) groups excluding carboxylic acids is 1. The summed E-state index contributed by atoms with van der Waals surface area (Å²) >= 11 is 0. The first-order valence-corrected chi connectivity index (χ1v) is 6.60. The van der Waals surface area contributed by atoms with E-state index in [4.69, 9.17) is 14.6 Å². The molecule has 0 aliphatic heterocycles. The van der Waals surface area contributed by atoms with Crippen molar-refractivity contribution in [2.75, 3.05) is 0 Å². The summed E-state index contributed by atoms with van der Waals surface area (Å²) in [4.78, 5) is 33.7. The van der Waals surface area contributed by atoms with Crippen LogP contribution in [0, 0.1) is 0 Å². The smallest absolute Gasteiger partial charge is 0.335 e. The Morgan fingerprint density at radius 2 is 1.57 bits per heavy atom. The maximum absolute atomic E-state index is 11.3. The van der Waals surface area contributed by atoms with Crippen LogP contribution < -0.4 is 0 Å². The number of aldehydes is 1. The standard InChI is InChI=1S/C17H10O6/c18-8-14-15(12-3-1-2-4-13(12)23-14)9-5-10(16(19)20)7-11(6-9)17(21)22/h1-8H,(H,19,20)(H,21,22). The van der Waals surface area contributed by atoms with Crippen LogP contribution in [0.1, 0.15) is 31.3 Å². The minimum absolute atomic E-state index is 0.0186. The summed E-state index contributed by atoms with van der Waals surface area (Å²) in [5, 5.41) is 18.9. The third-order valence-corrected chi connectivity index (χ3v) is 3.45. The Kier molecular flexibility index (Phi) is 3.42. The summed E-state index contributed by atoms with van der Waals surface area (Å²) in [6, 6.07) is 10.6. The monoisotopic (exact) mass is 310 g/mol. The van der Waals surface area contributed by atoms with Gasteiger partial charge in [0.05, 0.1) is 11.1 Å². The second kappa shape index (κ2) is 5.42.